The lowest BCUT2D eigenvalue weighted by atomic mass is 10.1. The summed E-state index contributed by atoms with van der Waals surface area (Å²) in [6.07, 6.45) is -0.173. The molecule has 0 radical (unpaired) electrons. The molecule has 128 valence electrons. The lowest BCUT2D eigenvalue weighted by Crippen LogP contribution is -2.36. The Morgan fingerprint density at radius 3 is 2.75 bits per heavy atom. The molecule has 24 heavy (non-hydrogen) atoms. The monoisotopic (exact) mass is 338 g/mol. The molecule has 1 aromatic carbocycles. The van der Waals surface area contributed by atoms with Gasteiger partial charge in [-0.3, -0.25) is 10.00 Å². The van der Waals surface area contributed by atoms with Crippen molar-refractivity contribution < 1.29 is 23.0 Å². The van der Waals surface area contributed by atoms with Crippen LogP contribution in [0.15, 0.2) is 24.3 Å². The van der Waals surface area contributed by atoms with E-state index in [1.807, 2.05) is 0 Å². The number of nitrogens with one attached hydrogen (secondary N) is 2. The van der Waals surface area contributed by atoms with Crippen LogP contribution in [0.2, 0.25) is 0 Å². The smallest absolute Gasteiger partial charge is 0.320 e. The van der Waals surface area contributed by atoms with Gasteiger partial charge in [-0.1, -0.05) is 0 Å². The van der Waals surface area contributed by atoms with Crippen molar-refractivity contribution in [2.45, 2.75) is 6.10 Å². The minimum atomic E-state index is -0.693. The van der Waals surface area contributed by atoms with Crippen LogP contribution in [0.1, 0.15) is 0 Å². The van der Waals surface area contributed by atoms with Crippen molar-refractivity contribution in [1.29, 1.82) is 0 Å². The van der Waals surface area contributed by atoms with Gasteiger partial charge in [0.15, 0.2) is 0 Å². The Kier molecular flexibility index (Phi) is 4.72. The topological polar surface area (TPSA) is 77.4 Å². The summed E-state index contributed by atoms with van der Waals surface area (Å²) < 4.78 is 38.3. The van der Waals surface area contributed by atoms with Crippen LogP contribution in [-0.2, 0) is 16.5 Å². The van der Waals surface area contributed by atoms with E-state index in [1.165, 1.54) is 22.9 Å². The summed E-state index contributed by atoms with van der Waals surface area (Å²) in [4.78, 5) is 11.9. The molecule has 7 nitrogen and oxygen atoms in total. The molecule has 2 N–H and O–H groups in total. The van der Waals surface area contributed by atoms with Crippen molar-refractivity contribution in [3.8, 4) is 11.3 Å². The molecule has 1 atom stereocenters. The minimum absolute atomic E-state index is 0.173. The minimum Gasteiger partial charge on any atom is -0.353 e. The SMILES string of the molecule is Cn1nc(-c2cc(F)cc(F)c2)cc1NC(=O)NC[C@H]1COCO1. The van der Waals surface area contributed by atoms with Crippen molar-refractivity contribution >= 4 is 11.8 Å². The number of hydrogen-bond acceptors (Lipinski definition) is 4. The maximum atomic E-state index is 13.3. The maximum Gasteiger partial charge on any atom is 0.320 e. The summed E-state index contributed by atoms with van der Waals surface area (Å²) in [5.74, 6) is -1.00. The average Bonchev–Trinajstić information content (AvgIpc) is 3.15. The third kappa shape index (κ3) is 3.87. The number of benzene rings is 1. The van der Waals surface area contributed by atoms with E-state index in [0.29, 0.717) is 24.7 Å². The zero-order chi connectivity index (χ0) is 17.1. The zero-order valence-electron chi connectivity index (χ0n) is 12.9. The number of halogens is 2. The van der Waals surface area contributed by atoms with Crippen LogP contribution in [0.5, 0.6) is 0 Å². The number of nitrogens with zero attached hydrogens (tertiary/aromatic N) is 2. The predicted octanol–water partition coefficient (Wildman–Crippen LogP) is 1.86. The van der Waals surface area contributed by atoms with Crippen molar-refractivity contribution in [2.24, 2.45) is 7.05 Å². The molecule has 1 saturated heterocycles. The van der Waals surface area contributed by atoms with Crippen LogP contribution < -0.4 is 10.6 Å². The number of amides is 2. The van der Waals surface area contributed by atoms with Crippen molar-refractivity contribution in [3.63, 3.8) is 0 Å². The van der Waals surface area contributed by atoms with Gasteiger partial charge >= 0.3 is 6.03 Å². The van der Waals surface area contributed by atoms with Crippen LogP contribution in [0.4, 0.5) is 19.4 Å². The third-order valence-electron chi connectivity index (χ3n) is 3.46. The van der Waals surface area contributed by atoms with Gasteiger partial charge in [0.1, 0.15) is 30.3 Å². The summed E-state index contributed by atoms with van der Waals surface area (Å²) in [6.45, 7) is 0.968. The molecule has 0 spiro atoms. The second-order valence-electron chi connectivity index (χ2n) is 5.31. The van der Waals surface area contributed by atoms with Crippen LogP contribution in [0.25, 0.3) is 11.3 Å². The molecule has 0 aliphatic carbocycles. The lowest BCUT2D eigenvalue weighted by molar-refractivity contribution is 0.0476. The molecule has 3 rings (SSSR count). The number of anilines is 1. The van der Waals surface area contributed by atoms with Crippen molar-refractivity contribution in [1.82, 2.24) is 15.1 Å². The molecule has 2 heterocycles. The number of aryl methyl sites for hydroxylation is 1. The van der Waals surface area contributed by atoms with Gasteiger partial charge in [0, 0.05) is 31.3 Å². The van der Waals surface area contributed by atoms with Gasteiger partial charge in [0.2, 0.25) is 0 Å². The number of carbonyl (C=O) groups excluding carboxylic acids is 1. The van der Waals surface area contributed by atoms with Gasteiger partial charge in [0.25, 0.3) is 0 Å². The Bertz CT molecular complexity index is 724. The first-order valence-electron chi connectivity index (χ1n) is 7.26. The largest absolute Gasteiger partial charge is 0.353 e. The van der Waals surface area contributed by atoms with Gasteiger partial charge in [-0.2, -0.15) is 5.10 Å². The Hall–Kier alpha value is -2.52. The van der Waals surface area contributed by atoms with E-state index in [1.54, 1.807) is 7.05 Å². The fourth-order valence-electron chi connectivity index (χ4n) is 2.28. The molecule has 0 saturated carbocycles. The number of urea groups is 1. The number of hydrogen-bond donors (Lipinski definition) is 2. The Labute approximate surface area is 136 Å². The van der Waals surface area contributed by atoms with E-state index in [-0.39, 0.29) is 18.5 Å². The Balaban J connectivity index is 1.66. The van der Waals surface area contributed by atoms with E-state index in [2.05, 4.69) is 15.7 Å². The summed E-state index contributed by atoms with van der Waals surface area (Å²) in [5.41, 5.74) is 0.631. The second kappa shape index (κ2) is 6.93. The van der Waals surface area contributed by atoms with Crippen molar-refractivity contribution in [2.75, 3.05) is 25.3 Å². The number of rotatable bonds is 4. The van der Waals surface area contributed by atoms with Gasteiger partial charge < -0.3 is 14.8 Å². The van der Waals surface area contributed by atoms with E-state index < -0.39 is 17.7 Å². The summed E-state index contributed by atoms with van der Waals surface area (Å²) in [6, 6.07) is 4.22. The number of aromatic nitrogens is 2. The van der Waals surface area contributed by atoms with Gasteiger partial charge in [-0.15, -0.1) is 0 Å². The fraction of sp³-hybridized carbons (Fsp3) is 0.333. The predicted molar refractivity (Wildman–Crippen MR) is 81.3 cm³/mol. The van der Waals surface area contributed by atoms with Gasteiger partial charge in [0.05, 0.1) is 12.3 Å². The van der Waals surface area contributed by atoms with Gasteiger partial charge in [-0.25, -0.2) is 13.6 Å². The molecule has 0 unspecified atom stereocenters. The quantitative estimate of drug-likeness (QED) is 0.892. The Morgan fingerprint density at radius 1 is 1.33 bits per heavy atom. The molecule has 1 fully saturated rings. The van der Waals surface area contributed by atoms with Crippen LogP contribution in [-0.4, -0.2) is 41.9 Å². The molecular formula is C15H16F2N4O3. The van der Waals surface area contributed by atoms with E-state index >= 15 is 0 Å². The maximum absolute atomic E-state index is 13.3. The molecule has 9 heteroatoms. The van der Waals surface area contributed by atoms with Gasteiger partial charge in [-0.05, 0) is 12.1 Å². The van der Waals surface area contributed by atoms with Crippen molar-refractivity contribution in [3.05, 3.63) is 35.9 Å². The zero-order valence-corrected chi connectivity index (χ0v) is 12.9. The van der Waals surface area contributed by atoms with Crippen LogP contribution in [0, 0.1) is 11.6 Å². The summed E-state index contributed by atoms with van der Waals surface area (Å²) in [5, 5.41) is 9.42. The summed E-state index contributed by atoms with van der Waals surface area (Å²) in [7, 11) is 1.61. The number of ether oxygens (including phenoxy) is 2. The molecular weight excluding hydrogens is 322 g/mol. The highest BCUT2D eigenvalue weighted by Crippen LogP contribution is 2.23. The lowest BCUT2D eigenvalue weighted by Gasteiger charge is -2.10. The average molecular weight is 338 g/mol. The normalized spacial score (nSPS) is 17.0. The standard InChI is InChI=1S/C15H16F2N4O3/c1-21-14(19-15(22)18-6-12-7-23-8-24-12)5-13(20-21)9-2-10(16)4-11(17)3-9/h2-5,12H,6-8H2,1H3,(H2,18,19,22)/t12-/m0/s1. The van der Waals surface area contributed by atoms with E-state index in [0.717, 1.165) is 6.07 Å². The van der Waals surface area contributed by atoms with E-state index in [9.17, 15) is 13.6 Å². The molecule has 1 aromatic heterocycles. The summed E-state index contributed by atoms with van der Waals surface area (Å²) >= 11 is 0. The molecule has 1 aliphatic heterocycles. The molecule has 1 aliphatic rings. The van der Waals surface area contributed by atoms with Crippen LogP contribution >= 0.6 is 0 Å². The molecule has 2 aromatic rings. The molecule has 0 bridgehead atoms. The highest BCUT2D eigenvalue weighted by molar-refractivity contribution is 5.89. The highest BCUT2D eigenvalue weighted by Gasteiger charge is 2.17. The molecule has 2 amide bonds. The van der Waals surface area contributed by atoms with Crippen LogP contribution in [0.3, 0.4) is 0 Å². The Morgan fingerprint density at radius 2 is 2.08 bits per heavy atom. The fourth-order valence-corrected chi connectivity index (χ4v) is 2.28. The third-order valence-corrected chi connectivity index (χ3v) is 3.46. The first-order chi connectivity index (χ1) is 11.5. The first kappa shape index (κ1) is 16.3. The van der Waals surface area contributed by atoms with E-state index in [4.69, 9.17) is 9.47 Å². The number of carbonyl (C=O) groups is 1. The first-order valence-corrected chi connectivity index (χ1v) is 7.26. The highest BCUT2D eigenvalue weighted by atomic mass is 19.1. The second-order valence-corrected chi connectivity index (χ2v) is 5.31.